The van der Waals surface area contributed by atoms with E-state index in [9.17, 15) is 8.42 Å². The number of nitrogens with zero attached hydrogens (tertiary/aromatic N) is 3. The van der Waals surface area contributed by atoms with Crippen molar-refractivity contribution in [3.8, 4) is 0 Å². The molecule has 1 aliphatic heterocycles. The van der Waals surface area contributed by atoms with Gasteiger partial charge in [-0.05, 0) is 42.7 Å². The van der Waals surface area contributed by atoms with Crippen LogP contribution in [0.25, 0.3) is 0 Å². The van der Waals surface area contributed by atoms with Gasteiger partial charge in [-0.15, -0.1) is 24.0 Å². The Bertz CT molecular complexity index is 883. The van der Waals surface area contributed by atoms with Gasteiger partial charge in [-0.1, -0.05) is 18.2 Å². The highest BCUT2D eigenvalue weighted by Crippen LogP contribution is 2.21. The van der Waals surface area contributed by atoms with Crippen LogP contribution in [0, 0.1) is 0 Å². The van der Waals surface area contributed by atoms with E-state index in [0.717, 1.165) is 37.1 Å². The molecule has 0 spiro atoms. The van der Waals surface area contributed by atoms with E-state index in [4.69, 9.17) is 0 Å². The molecule has 2 aromatic rings. The number of aromatic nitrogens is 1. The number of sulfonamides is 1. The van der Waals surface area contributed by atoms with Crippen molar-refractivity contribution in [3.63, 3.8) is 0 Å². The predicted molar refractivity (Wildman–Crippen MR) is 126 cm³/mol. The molecule has 0 amide bonds. The van der Waals surface area contributed by atoms with E-state index in [1.54, 1.807) is 29.7 Å². The molecule has 1 aromatic carbocycles. The summed E-state index contributed by atoms with van der Waals surface area (Å²) < 4.78 is 26.7. The standard InChI is InChI=1S/C20H27N5O2S.HI/c1-21-20(23-13-11-18-6-2-3-12-22-18)24-16-17-7-9-19(10-8-17)28(26,27)25-14-4-5-15-25;/h2-3,6-10,12H,4-5,11,13-16H2,1H3,(H2,21,23,24);1H. The molecular weight excluding hydrogens is 501 g/mol. The lowest BCUT2D eigenvalue weighted by Crippen LogP contribution is -2.37. The zero-order chi connectivity index (χ0) is 19.8. The number of guanidine groups is 1. The van der Waals surface area contributed by atoms with E-state index in [-0.39, 0.29) is 24.0 Å². The normalized spacial score (nSPS) is 15.0. The van der Waals surface area contributed by atoms with Crippen molar-refractivity contribution in [1.82, 2.24) is 19.9 Å². The van der Waals surface area contributed by atoms with Crippen LogP contribution in [0.15, 0.2) is 58.5 Å². The molecular formula is C20H28IN5O2S. The van der Waals surface area contributed by atoms with Crippen LogP contribution in [-0.4, -0.2) is 50.3 Å². The third-order valence-electron chi connectivity index (χ3n) is 4.71. The summed E-state index contributed by atoms with van der Waals surface area (Å²) in [5.74, 6) is 0.699. The Morgan fingerprint density at radius 1 is 1.10 bits per heavy atom. The third-order valence-corrected chi connectivity index (χ3v) is 6.62. The maximum atomic E-state index is 12.6. The molecule has 1 aliphatic rings. The molecule has 7 nitrogen and oxygen atoms in total. The molecule has 1 aromatic heterocycles. The Labute approximate surface area is 190 Å². The Kier molecular flexibility index (Phi) is 9.31. The van der Waals surface area contributed by atoms with Crippen LogP contribution in [-0.2, 0) is 23.0 Å². The van der Waals surface area contributed by atoms with Gasteiger partial charge in [-0.2, -0.15) is 4.31 Å². The van der Waals surface area contributed by atoms with Gasteiger partial charge in [0.25, 0.3) is 0 Å². The summed E-state index contributed by atoms with van der Waals surface area (Å²) in [7, 11) is -1.63. The van der Waals surface area contributed by atoms with Crippen molar-refractivity contribution >= 4 is 40.0 Å². The maximum absolute atomic E-state index is 12.6. The Morgan fingerprint density at radius 3 is 2.45 bits per heavy atom. The number of hydrogen-bond acceptors (Lipinski definition) is 4. The summed E-state index contributed by atoms with van der Waals surface area (Å²) in [6, 6.07) is 12.9. The Hall–Kier alpha value is -1.72. The van der Waals surface area contributed by atoms with Crippen LogP contribution in [0.3, 0.4) is 0 Å². The van der Waals surface area contributed by atoms with Gasteiger partial charge in [-0.3, -0.25) is 9.98 Å². The first kappa shape index (κ1) is 23.6. The largest absolute Gasteiger partial charge is 0.356 e. The van der Waals surface area contributed by atoms with E-state index in [0.29, 0.717) is 30.5 Å². The smallest absolute Gasteiger partial charge is 0.243 e. The van der Waals surface area contributed by atoms with Crippen LogP contribution in [0.5, 0.6) is 0 Å². The molecule has 1 saturated heterocycles. The van der Waals surface area contributed by atoms with Crippen molar-refractivity contribution in [2.24, 2.45) is 4.99 Å². The second-order valence-electron chi connectivity index (χ2n) is 6.68. The first-order chi connectivity index (χ1) is 13.6. The summed E-state index contributed by atoms with van der Waals surface area (Å²) in [6.07, 6.45) is 4.47. The number of aliphatic imine (C=N–C) groups is 1. The molecule has 0 radical (unpaired) electrons. The van der Waals surface area contributed by atoms with Crippen molar-refractivity contribution in [2.45, 2.75) is 30.7 Å². The molecule has 2 N–H and O–H groups in total. The van der Waals surface area contributed by atoms with Crippen molar-refractivity contribution in [3.05, 3.63) is 59.9 Å². The highest BCUT2D eigenvalue weighted by atomic mass is 127. The fourth-order valence-corrected chi connectivity index (χ4v) is 4.64. The Balaban J connectivity index is 0.00000300. The number of halogens is 1. The number of pyridine rings is 1. The van der Waals surface area contributed by atoms with Gasteiger partial charge < -0.3 is 10.6 Å². The summed E-state index contributed by atoms with van der Waals surface area (Å²) in [5, 5.41) is 6.50. The first-order valence-corrected chi connectivity index (χ1v) is 11.0. The molecule has 1 fully saturated rings. The lowest BCUT2D eigenvalue weighted by atomic mass is 10.2. The maximum Gasteiger partial charge on any atom is 0.243 e. The number of rotatable bonds is 7. The van der Waals surface area contributed by atoms with Gasteiger partial charge in [0.1, 0.15) is 0 Å². The summed E-state index contributed by atoms with van der Waals surface area (Å²) in [5.41, 5.74) is 2.02. The molecule has 0 atom stereocenters. The van der Waals surface area contributed by atoms with Crippen molar-refractivity contribution in [1.29, 1.82) is 0 Å². The van der Waals surface area contributed by atoms with E-state index >= 15 is 0 Å². The number of hydrogen-bond donors (Lipinski definition) is 2. The van der Waals surface area contributed by atoms with E-state index in [2.05, 4.69) is 20.6 Å². The molecule has 0 unspecified atom stereocenters. The van der Waals surface area contributed by atoms with E-state index in [1.165, 1.54) is 0 Å². The second kappa shape index (κ2) is 11.5. The Morgan fingerprint density at radius 2 is 1.83 bits per heavy atom. The van der Waals surface area contributed by atoms with Gasteiger partial charge >= 0.3 is 0 Å². The molecule has 29 heavy (non-hydrogen) atoms. The van der Waals surface area contributed by atoms with Gasteiger partial charge in [0.15, 0.2) is 5.96 Å². The summed E-state index contributed by atoms with van der Waals surface area (Å²) in [6.45, 7) is 2.52. The lowest BCUT2D eigenvalue weighted by Gasteiger charge is -2.16. The highest BCUT2D eigenvalue weighted by molar-refractivity contribution is 14.0. The predicted octanol–water partition coefficient (Wildman–Crippen LogP) is 2.39. The molecule has 0 saturated carbocycles. The third kappa shape index (κ3) is 6.65. The minimum Gasteiger partial charge on any atom is -0.356 e. The molecule has 3 rings (SSSR count). The van der Waals surface area contributed by atoms with Crippen LogP contribution in [0.1, 0.15) is 24.1 Å². The highest BCUT2D eigenvalue weighted by Gasteiger charge is 2.26. The van der Waals surface area contributed by atoms with Gasteiger partial charge in [-0.25, -0.2) is 8.42 Å². The SMILES string of the molecule is CN=C(NCCc1ccccn1)NCc1ccc(S(=O)(=O)N2CCCC2)cc1.I. The van der Waals surface area contributed by atoms with Gasteiger partial charge in [0.2, 0.25) is 10.0 Å². The zero-order valence-electron chi connectivity index (χ0n) is 16.5. The topological polar surface area (TPSA) is 86.7 Å². The average Bonchev–Trinajstić information content (AvgIpc) is 3.27. The molecule has 2 heterocycles. The van der Waals surface area contributed by atoms with Crippen molar-refractivity contribution < 1.29 is 8.42 Å². The van der Waals surface area contributed by atoms with E-state index < -0.39 is 10.0 Å². The lowest BCUT2D eigenvalue weighted by molar-refractivity contribution is 0.477. The van der Waals surface area contributed by atoms with Crippen LogP contribution in [0.4, 0.5) is 0 Å². The van der Waals surface area contributed by atoms with Crippen LogP contribution >= 0.6 is 24.0 Å². The summed E-state index contributed by atoms with van der Waals surface area (Å²) >= 11 is 0. The number of nitrogens with one attached hydrogen (secondary N) is 2. The van der Waals surface area contributed by atoms with E-state index in [1.807, 2.05) is 30.3 Å². The molecule has 9 heteroatoms. The first-order valence-electron chi connectivity index (χ1n) is 9.53. The van der Waals surface area contributed by atoms with Gasteiger partial charge in [0.05, 0.1) is 4.90 Å². The van der Waals surface area contributed by atoms with Crippen LogP contribution in [0.2, 0.25) is 0 Å². The summed E-state index contributed by atoms with van der Waals surface area (Å²) in [4.78, 5) is 8.87. The number of benzene rings is 1. The van der Waals surface area contributed by atoms with Crippen LogP contribution < -0.4 is 10.6 Å². The fraction of sp³-hybridized carbons (Fsp3) is 0.400. The monoisotopic (exact) mass is 529 g/mol. The zero-order valence-corrected chi connectivity index (χ0v) is 19.7. The van der Waals surface area contributed by atoms with Crippen molar-refractivity contribution in [2.75, 3.05) is 26.7 Å². The molecule has 0 aliphatic carbocycles. The van der Waals surface area contributed by atoms with Gasteiger partial charge in [0, 0.05) is 51.5 Å². The molecule has 0 bridgehead atoms. The molecule has 158 valence electrons. The quantitative estimate of drug-likeness (QED) is 0.327. The minimum absolute atomic E-state index is 0. The average molecular weight is 529 g/mol. The minimum atomic E-state index is -3.36. The second-order valence-corrected chi connectivity index (χ2v) is 8.62. The fourth-order valence-electron chi connectivity index (χ4n) is 3.12.